The Labute approximate surface area is 169 Å². The lowest BCUT2D eigenvalue weighted by Crippen LogP contribution is -2.51. The number of nitrogens with zero attached hydrogens (tertiary/aromatic N) is 3. The van der Waals surface area contributed by atoms with Crippen molar-refractivity contribution in [2.45, 2.75) is 12.3 Å². The van der Waals surface area contributed by atoms with E-state index in [9.17, 15) is 9.59 Å². The van der Waals surface area contributed by atoms with E-state index in [4.69, 9.17) is 4.42 Å². The molecular weight excluding hydrogens is 366 g/mol. The van der Waals surface area contributed by atoms with Crippen molar-refractivity contribution in [3.63, 3.8) is 0 Å². The minimum Gasteiger partial charge on any atom is -0.459 e. The van der Waals surface area contributed by atoms with Crippen LogP contribution in [-0.2, 0) is 11.2 Å². The predicted octanol–water partition coefficient (Wildman–Crippen LogP) is 2.99. The molecule has 2 amide bonds. The maximum Gasteiger partial charge on any atom is 0.289 e. The highest BCUT2D eigenvalue weighted by Gasteiger charge is 2.31. The minimum absolute atomic E-state index is 0.0759. The summed E-state index contributed by atoms with van der Waals surface area (Å²) in [7, 11) is 0. The first-order chi connectivity index (χ1) is 14.2. The average Bonchev–Trinajstić information content (AvgIpc) is 3.33. The minimum atomic E-state index is -0.293. The van der Waals surface area contributed by atoms with Crippen molar-refractivity contribution >= 4 is 11.8 Å². The van der Waals surface area contributed by atoms with Crippen molar-refractivity contribution in [1.29, 1.82) is 0 Å². The Morgan fingerprint density at radius 1 is 0.897 bits per heavy atom. The quantitative estimate of drug-likeness (QED) is 0.673. The molecule has 0 radical (unpaired) electrons. The molecule has 1 atom stereocenters. The maximum absolute atomic E-state index is 13.4. The monoisotopic (exact) mass is 389 g/mol. The van der Waals surface area contributed by atoms with Crippen molar-refractivity contribution in [3.8, 4) is 0 Å². The third-order valence-corrected chi connectivity index (χ3v) is 5.25. The summed E-state index contributed by atoms with van der Waals surface area (Å²) in [6.45, 7) is 2.01. The lowest BCUT2D eigenvalue weighted by molar-refractivity contribution is -0.134. The molecule has 0 N–H and O–H groups in total. The van der Waals surface area contributed by atoms with Crippen LogP contribution in [0.1, 0.15) is 27.7 Å². The third-order valence-electron chi connectivity index (χ3n) is 5.25. The number of carbonyl (C=O) groups excluding carboxylic acids is 2. The van der Waals surface area contributed by atoms with Gasteiger partial charge in [-0.25, -0.2) is 0 Å². The van der Waals surface area contributed by atoms with Crippen molar-refractivity contribution in [2.24, 2.45) is 0 Å². The second-order valence-corrected chi connectivity index (χ2v) is 7.08. The van der Waals surface area contributed by atoms with E-state index in [-0.39, 0.29) is 17.7 Å². The van der Waals surface area contributed by atoms with Gasteiger partial charge >= 0.3 is 0 Å². The summed E-state index contributed by atoms with van der Waals surface area (Å²) in [6.07, 6.45) is 3.80. The fourth-order valence-electron chi connectivity index (χ4n) is 3.67. The summed E-state index contributed by atoms with van der Waals surface area (Å²) in [4.78, 5) is 33.8. The van der Waals surface area contributed by atoms with E-state index < -0.39 is 0 Å². The van der Waals surface area contributed by atoms with Crippen LogP contribution in [0.25, 0.3) is 0 Å². The van der Waals surface area contributed by atoms with Crippen molar-refractivity contribution in [3.05, 3.63) is 90.1 Å². The molecule has 3 aromatic rings. The zero-order chi connectivity index (χ0) is 20.1. The van der Waals surface area contributed by atoms with Crippen LogP contribution in [0, 0.1) is 0 Å². The molecule has 29 heavy (non-hydrogen) atoms. The van der Waals surface area contributed by atoms with Gasteiger partial charge in [-0.3, -0.25) is 14.6 Å². The molecule has 0 spiro atoms. The standard InChI is InChI=1S/C23H23N3O3/c27-22(25-12-14-26(15-13-25)23(28)21-10-6-16-29-21)20(18-7-2-1-3-8-18)17-19-9-4-5-11-24-19/h1-11,16,20H,12-15,17H2. The summed E-state index contributed by atoms with van der Waals surface area (Å²) in [5.74, 6) is -0.0114. The van der Waals surface area contributed by atoms with E-state index in [1.54, 1.807) is 23.2 Å². The number of furan rings is 1. The van der Waals surface area contributed by atoms with Gasteiger partial charge in [-0.1, -0.05) is 36.4 Å². The smallest absolute Gasteiger partial charge is 0.289 e. The van der Waals surface area contributed by atoms with Crippen LogP contribution in [0.2, 0.25) is 0 Å². The van der Waals surface area contributed by atoms with Gasteiger partial charge in [-0.05, 0) is 29.8 Å². The van der Waals surface area contributed by atoms with Gasteiger partial charge in [0.1, 0.15) is 0 Å². The highest BCUT2D eigenvalue weighted by Crippen LogP contribution is 2.24. The number of aromatic nitrogens is 1. The van der Waals surface area contributed by atoms with Crippen LogP contribution in [0.3, 0.4) is 0 Å². The number of benzene rings is 1. The van der Waals surface area contributed by atoms with E-state index in [1.807, 2.05) is 53.4 Å². The SMILES string of the molecule is O=C(c1ccco1)N1CCN(C(=O)C(Cc2ccccn2)c2ccccc2)CC1. The molecule has 3 heterocycles. The molecule has 1 fully saturated rings. The third kappa shape index (κ3) is 4.37. The Kier molecular flexibility index (Phi) is 5.70. The highest BCUT2D eigenvalue weighted by atomic mass is 16.3. The molecule has 0 saturated carbocycles. The summed E-state index contributed by atoms with van der Waals surface area (Å²) >= 11 is 0. The predicted molar refractivity (Wildman–Crippen MR) is 108 cm³/mol. The first-order valence-electron chi connectivity index (χ1n) is 9.79. The number of hydrogen-bond acceptors (Lipinski definition) is 4. The van der Waals surface area contributed by atoms with Gasteiger partial charge in [-0.15, -0.1) is 0 Å². The molecule has 2 aromatic heterocycles. The van der Waals surface area contributed by atoms with Gasteiger partial charge in [-0.2, -0.15) is 0 Å². The fraction of sp³-hybridized carbons (Fsp3) is 0.261. The topological polar surface area (TPSA) is 66.7 Å². The molecule has 0 bridgehead atoms. The number of amides is 2. The molecule has 6 nitrogen and oxygen atoms in total. The maximum atomic E-state index is 13.4. The van der Waals surface area contributed by atoms with Gasteiger partial charge in [0.05, 0.1) is 12.2 Å². The molecule has 1 aliphatic heterocycles. The van der Waals surface area contributed by atoms with Gasteiger partial charge in [0.25, 0.3) is 5.91 Å². The summed E-state index contributed by atoms with van der Waals surface area (Å²) in [5, 5.41) is 0. The highest BCUT2D eigenvalue weighted by molar-refractivity contribution is 5.91. The van der Waals surface area contributed by atoms with Crippen LogP contribution >= 0.6 is 0 Å². The number of pyridine rings is 1. The Balaban J connectivity index is 1.46. The molecule has 1 saturated heterocycles. The first-order valence-corrected chi connectivity index (χ1v) is 9.79. The van der Waals surface area contributed by atoms with E-state index in [1.165, 1.54) is 6.26 Å². The van der Waals surface area contributed by atoms with Crippen LogP contribution in [0.5, 0.6) is 0 Å². The molecular formula is C23H23N3O3. The molecule has 1 aromatic carbocycles. The lowest BCUT2D eigenvalue weighted by Gasteiger charge is -2.36. The summed E-state index contributed by atoms with van der Waals surface area (Å²) < 4.78 is 5.21. The average molecular weight is 389 g/mol. The number of piperazine rings is 1. The van der Waals surface area contributed by atoms with Gasteiger partial charge < -0.3 is 14.2 Å². The van der Waals surface area contributed by atoms with Crippen LogP contribution in [-0.4, -0.2) is 52.8 Å². The Morgan fingerprint density at radius 2 is 1.62 bits per heavy atom. The van der Waals surface area contributed by atoms with Gasteiger partial charge in [0.2, 0.25) is 5.91 Å². The fourth-order valence-corrected chi connectivity index (χ4v) is 3.67. The summed E-state index contributed by atoms with van der Waals surface area (Å²) in [6, 6.07) is 19.0. The van der Waals surface area contributed by atoms with Crippen LogP contribution < -0.4 is 0 Å². The van der Waals surface area contributed by atoms with Crippen molar-refractivity contribution in [2.75, 3.05) is 26.2 Å². The van der Waals surface area contributed by atoms with Gasteiger partial charge in [0, 0.05) is 44.5 Å². The van der Waals surface area contributed by atoms with E-state index >= 15 is 0 Å². The Morgan fingerprint density at radius 3 is 2.28 bits per heavy atom. The lowest BCUT2D eigenvalue weighted by atomic mass is 9.92. The van der Waals surface area contributed by atoms with Crippen LogP contribution in [0.4, 0.5) is 0 Å². The van der Waals surface area contributed by atoms with E-state index in [2.05, 4.69) is 4.98 Å². The van der Waals surface area contributed by atoms with E-state index in [0.717, 1.165) is 11.3 Å². The Hall–Kier alpha value is -3.41. The second kappa shape index (κ2) is 8.73. The number of carbonyl (C=O) groups is 2. The summed E-state index contributed by atoms with van der Waals surface area (Å²) in [5.41, 5.74) is 1.87. The van der Waals surface area contributed by atoms with Crippen molar-refractivity contribution in [1.82, 2.24) is 14.8 Å². The van der Waals surface area contributed by atoms with Crippen LogP contribution in [0.15, 0.2) is 77.5 Å². The molecule has 4 rings (SSSR count). The normalized spacial score (nSPS) is 15.2. The number of hydrogen-bond donors (Lipinski definition) is 0. The van der Waals surface area contributed by atoms with Crippen molar-refractivity contribution < 1.29 is 14.0 Å². The molecule has 148 valence electrons. The van der Waals surface area contributed by atoms with E-state index in [0.29, 0.717) is 38.4 Å². The Bertz CT molecular complexity index is 934. The first kappa shape index (κ1) is 18.9. The second-order valence-electron chi connectivity index (χ2n) is 7.08. The molecule has 6 heteroatoms. The van der Waals surface area contributed by atoms with Gasteiger partial charge in [0.15, 0.2) is 5.76 Å². The zero-order valence-electron chi connectivity index (χ0n) is 16.1. The number of rotatable bonds is 5. The molecule has 1 unspecified atom stereocenters. The molecule has 0 aliphatic carbocycles. The molecule has 1 aliphatic rings. The zero-order valence-corrected chi connectivity index (χ0v) is 16.1. The largest absolute Gasteiger partial charge is 0.459 e.